The maximum absolute atomic E-state index is 5.98. The van der Waals surface area contributed by atoms with E-state index in [0.717, 1.165) is 24.2 Å². The molecule has 0 radical (unpaired) electrons. The molecular formula is C18H24O5. The van der Waals surface area contributed by atoms with Crippen molar-refractivity contribution in [2.24, 2.45) is 0 Å². The summed E-state index contributed by atoms with van der Waals surface area (Å²) in [6, 6.07) is 9.89. The summed E-state index contributed by atoms with van der Waals surface area (Å²) < 4.78 is 28.9. The predicted molar refractivity (Wildman–Crippen MR) is 84.6 cm³/mol. The van der Waals surface area contributed by atoms with Crippen LogP contribution in [0.1, 0.15) is 31.6 Å². The molecule has 23 heavy (non-hydrogen) atoms. The van der Waals surface area contributed by atoms with Crippen LogP contribution in [-0.4, -0.2) is 38.8 Å². The largest absolute Gasteiger partial charge is 0.462 e. The van der Waals surface area contributed by atoms with Crippen LogP contribution in [0.5, 0.6) is 0 Å². The van der Waals surface area contributed by atoms with Crippen molar-refractivity contribution in [2.75, 3.05) is 20.3 Å². The maximum Gasteiger partial charge on any atom is 0.226 e. The summed E-state index contributed by atoms with van der Waals surface area (Å²) in [5.74, 6) is 0.764. The van der Waals surface area contributed by atoms with E-state index in [4.69, 9.17) is 23.7 Å². The Bertz CT molecular complexity index is 515. The van der Waals surface area contributed by atoms with Crippen molar-refractivity contribution >= 4 is 0 Å². The number of hydrogen-bond donors (Lipinski definition) is 0. The smallest absolute Gasteiger partial charge is 0.226 e. The molecule has 3 unspecified atom stereocenters. The predicted octanol–water partition coefficient (Wildman–Crippen LogP) is 3.17. The molecular weight excluding hydrogens is 296 g/mol. The van der Waals surface area contributed by atoms with Gasteiger partial charge < -0.3 is 23.7 Å². The van der Waals surface area contributed by atoms with Crippen molar-refractivity contribution < 1.29 is 23.7 Å². The number of unbranched alkanes of at least 4 members (excludes halogenated alkanes) is 1. The van der Waals surface area contributed by atoms with E-state index in [-0.39, 0.29) is 12.2 Å². The van der Waals surface area contributed by atoms with Crippen molar-refractivity contribution in [2.45, 2.75) is 44.6 Å². The Hall–Kier alpha value is -1.40. The van der Waals surface area contributed by atoms with E-state index >= 15 is 0 Å². The van der Waals surface area contributed by atoms with Crippen LogP contribution in [-0.2, 0) is 23.7 Å². The highest BCUT2D eigenvalue weighted by Gasteiger charge is 2.38. The fraction of sp³-hybridized carbons (Fsp3) is 0.556. The molecule has 0 aromatic heterocycles. The zero-order valence-electron chi connectivity index (χ0n) is 13.6. The fourth-order valence-corrected chi connectivity index (χ4v) is 2.68. The second kappa shape index (κ2) is 7.93. The molecule has 0 amide bonds. The summed E-state index contributed by atoms with van der Waals surface area (Å²) in [7, 11) is 1.62. The second-order valence-electron chi connectivity index (χ2n) is 5.68. The van der Waals surface area contributed by atoms with E-state index in [2.05, 4.69) is 6.92 Å². The minimum absolute atomic E-state index is 0.245. The standard InChI is InChI=1S/C18H24O5/c1-3-4-10-20-15-11-14-16(23-18(15)19-2)12-21-17(22-14)13-8-6-5-7-9-13/h5-9,11,15-18H,3-4,10,12H2,1-2H3/t15-,16?,17?,18?/m0/s1. The van der Waals surface area contributed by atoms with Gasteiger partial charge in [0.05, 0.1) is 6.61 Å². The molecule has 5 heteroatoms. The van der Waals surface area contributed by atoms with E-state index in [9.17, 15) is 0 Å². The van der Waals surface area contributed by atoms with Crippen molar-refractivity contribution in [1.29, 1.82) is 0 Å². The molecule has 2 aliphatic heterocycles. The van der Waals surface area contributed by atoms with Crippen LogP contribution in [0.15, 0.2) is 42.2 Å². The lowest BCUT2D eigenvalue weighted by molar-refractivity contribution is -0.265. The summed E-state index contributed by atoms with van der Waals surface area (Å²) in [5.41, 5.74) is 0.990. The number of hydrogen-bond acceptors (Lipinski definition) is 5. The maximum atomic E-state index is 5.98. The van der Waals surface area contributed by atoms with E-state index in [1.54, 1.807) is 7.11 Å². The molecule has 1 saturated heterocycles. The zero-order valence-corrected chi connectivity index (χ0v) is 13.6. The van der Waals surface area contributed by atoms with Gasteiger partial charge in [0.15, 0.2) is 6.29 Å². The molecule has 3 rings (SSSR count). The molecule has 1 aromatic rings. The number of methoxy groups -OCH3 is 1. The van der Waals surface area contributed by atoms with Gasteiger partial charge in [-0.05, 0) is 12.5 Å². The molecule has 5 nitrogen and oxygen atoms in total. The average Bonchev–Trinajstić information content (AvgIpc) is 2.61. The van der Waals surface area contributed by atoms with Gasteiger partial charge in [0.25, 0.3) is 0 Å². The molecule has 0 bridgehead atoms. The minimum Gasteiger partial charge on any atom is -0.462 e. The molecule has 2 aliphatic rings. The zero-order chi connectivity index (χ0) is 16.1. The van der Waals surface area contributed by atoms with Crippen molar-refractivity contribution in [1.82, 2.24) is 0 Å². The van der Waals surface area contributed by atoms with Gasteiger partial charge in [0, 0.05) is 19.3 Å². The normalized spacial score (nSPS) is 30.3. The number of fused-ring (bicyclic) bond motifs is 1. The van der Waals surface area contributed by atoms with Crippen LogP contribution >= 0.6 is 0 Å². The Morgan fingerprint density at radius 3 is 2.78 bits per heavy atom. The molecule has 1 aromatic carbocycles. The first-order valence-corrected chi connectivity index (χ1v) is 8.16. The highest BCUT2D eigenvalue weighted by atomic mass is 16.7. The quantitative estimate of drug-likeness (QED) is 0.753. The van der Waals surface area contributed by atoms with Crippen LogP contribution in [0, 0.1) is 0 Å². The minimum atomic E-state index is -0.430. The third kappa shape index (κ3) is 3.93. The third-order valence-corrected chi connectivity index (χ3v) is 3.97. The Morgan fingerprint density at radius 2 is 2.04 bits per heavy atom. The molecule has 0 N–H and O–H groups in total. The first kappa shape index (κ1) is 16.5. The van der Waals surface area contributed by atoms with Crippen LogP contribution in [0.25, 0.3) is 0 Å². The van der Waals surface area contributed by atoms with Gasteiger partial charge in [-0.3, -0.25) is 0 Å². The van der Waals surface area contributed by atoms with Gasteiger partial charge in [-0.1, -0.05) is 43.7 Å². The van der Waals surface area contributed by atoms with Gasteiger partial charge in [0.1, 0.15) is 18.0 Å². The lowest BCUT2D eigenvalue weighted by Crippen LogP contribution is -2.45. The Kier molecular flexibility index (Phi) is 5.67. The van der Waals surface area contributed by atoms with Crippen molar-refractivity contribution in [3.8, 4) is 0 Å². The number of rotatable bonds is 6. The Labute approximate surface area is 137 Å². The van der Waals surface area contributed by atoms with Gasteiger partial charge in [-0.25, -0.2) is 0 Å². The van der Waals surface area contributed by atoms with Gasteiger partial charge in [-0.15, -0.1) is 0 Å². The second-order valence-corrected chi connectivity index (χ2v) is 5.68. The topological polar surface area (TPSA) is 46.2 Å². The first-order chi connectivity index (χ1) is 11.3. The van der Waals surface area contributed by atoms with E-state index < -0.39 is 12.6 Å². The van der Waals surface area contributed by atoms with Crippen LogP contribution in [0.2, 0.25) is 0 Å². The van der Waals surface area contributed by atoms with Gasteiger partial charge in [0.2, 0.25) is 6.29 Å². The monoisotopic (exact) mass is 320 g/mol. The van der Waals surface area contributed by atoms with Crippen LogP contribution in [0.3, 0.4) is 0 Å². The number of ether oxygens (including phenoxy) is 5. The summed E-state index contributed by atoms with van der Waals surface area (Å²) in [6.07, 6.45) is 2.73. The Morgan fingerprint density at radius 1 is 1.22 bits per heavy atom. The van der Waals surface area contributed by atoms with Gasteiger partial charge >= 0.3 is 0 Å². The van der Waals surface area contributed by atoms with Crippen LogP contribution in [0.4, 0.5) is 0 Å². The van der Waals surface area contributed by atoms with E-state index in [1.165, 1.54) is 0 Å². The lowest BCUT2D eigenvalue weighted by Gasteiger charge is -2.39. The van der Waals surface area contributed by atoms with E-state index in [1.807, 2.05) is 36.4 Å². The molecule has 0 aliphatic carbocycles. The Balaban J connectivity index is 1.70. The summed E-state index contributed by atoms with van der Waals surface area (Å²) in [4.78, 5) is 0. The fourth-order valence-electron chi connectivity index (χ4n) is 2.68. The summed E-state index contributed by atoms with van der Waals surface area (Å²) in [5, 5.41) is 0. The average molecular weight is 320 g/mol. The molecule has 4 atom stereocenters. The SMILES string of the molecule is CCCCO[C@H]1C=C2OC(c3ccccc3)OCC2OC1OC. The summed E-state index contributed by atoms with van der Waals surface area (Å²) in [6.45, 7) is 3.25. The molecule has 2 heterocycles. The van der Waals surface area contributed by atoms with Gasteiger partial charge in [-0.2, -0.15) is 0 Å². The molecule has 0 saturated carbocycles. The lowest BCUT2D eigenvalue weighted by atomic mass is 10.1. The highest BCUT2D eigenvalue weighted by Crippen LogP contribution is 2.34. The summed E-state index contributed by atoms with van der Waals surface area (Å²) >= 11 is 0. The van der Waals surface area contributed by atoms with Crippen molar-refractivity contribution in [3.63, 3.8) is 0 Å². The van der Waals surface area contributed by atoms with E-state index in [0.29, 0.717) is 13.2 Å². The first-order valence-electron chi connectivity index (χ1n) is 8.16. The molecule has 0 spiro atoms. The van der Waals surface area contributed by atoms with Crippen molar-refractivity contribution in [3.05, 3.63) is 47.7 Å². The molecule has 126 valence electrons. The molecule has 1 fully saturated rings. The highest BCUT2D eigenvalue weighted by molar-refractivity contribution is 5.19. The van der Waals surface area contributed by atoms with Crippen LogP contribution < -0.4 is 0 Å². The third-order valence-electron chi connectivity index (χ3n) is 3.97. The number of benzene rings is 1.